The van der Waals surface area contributed by atoms with Gasteiger partial charge in [-0.25, -0.2) is 13.4 Å². The number of fused-ring (bicyclic) bond motifs is 1. The zero-order valence-corrected chi connectivity index (χ0v) is 19.8. The number of alkyl halides is 3. The summed E-state index contributed by atoms with van der Waals surface area (Å²) in [5.41, 5.74) is 2.02. The molecule has 0 spiro atoms. The number of sulfone groups is 1. The van der Waals surface area contributed by atoms with E-state index >= 15 is 0 Å². The molecule has 0 radical (unpaired) electrons. The van der Waals surface area contributed by atoms with Crippen molar-refractivity contribution in [2.45, 2.75) is 31.6 Å². The molecule has 3 aromatic rings. The van der Waals surface area contributed by atoms with Crippen molar-refractivity contribution in [1.82, 2.24) is 9.55 Å². The number of hydrogen-bond donors (Lipinski definition) is 2. The summed E-state index contributed by atoms with van der Waals surface area (Å²) in [6.45, 7) is -0.954. The lowest BCUT2D eigenvalue weighted by Gasteiger charge is -2.24. The van der Waals surface area contributed by atoms with Crippen molar-refractivity contribution in [1.29, 1.82) is 0 Å². The van der Waals surface area contributed by atoms with Gasteiger partial charge in [0.05, 0.1) is 48.3 Å². The van der Waals surface area contributed by atoms with E-state index in [4.69, 9.17) is 4.74 Å². The van der Waals surface area contributed by atoms with E-state index in [-0.39, 0.29) is 29.8 Å². The molecule has 2 N–H and O–H groups in total. The SMILES string of the molecule is COc1ccc(NCC#Cc2cc3c(NC4CCS(=O)(=O)CC4)cccc3n2CC(F)(F)F)cn1. The van der Waals surface area contributed by atoms with E-state index in [1.165, 1.54) is 7.11 Å². The number of nitrogens with one attached hydrogen (secondary N) is 2. The molecule has 2 aromatic heterocycles. The minimum Gasteiger partial charge on any atom is -0.481 e. The van der Waals surface area contributed by atoms with Crippen molar-refractivity contribution in [3.63, 3.8) is 0 Å². The van der Waals surface area contributed by atoms with Gasteiger partial charge in [0, 0.05) is 23.2 Å². The van der Waals surface area contributed by atoms with Gasteiger partial charge in [0.1, 0.15) is 16.4 Å². The molecule has 1 aliphatic rings. The summed E-state index contributed by atoms with van der Waals surface area (Å²) in [6, 6.07) is 10.1. The van der Waals surface area contributed by atoms with Gasteiger partial charge in [-0.15, -0.1) is 0 Å². The Balaban J connectivity index is 1.58. The van der Waals surface area contributed by atoms with Crippen LogP contribution in [0.25, 0.3) is 10.9 Å². The van der Waals surface area contributed by atoms with Crippen LogP contribution in [0.5, 0.6) is 5.88 Å². The Morgan fingerprint density at radius 3 is 2.63 bits per heavy atom. The van der Waals surface area contributed by atoms with Crippen LogP contribution in [0.15, 0.2) is 42.6 Å². The Hall–Kier alpha value is -3.39. The minimum absolute atomic E-state index is 0.0630. The second-order valence-electron chi connectivity index (χ2n) is 8.28. The first-order chi connectivity index (χ1) is 16.6. The van der Waals surface area contributed by atoms with E-state index < -0.39 is 22.6 Å². The van der Waals surface area contributed by atoms with Gasteiger partial charge in [0.2, 0.25) is 5.88 Å². The third-order valence-electron chi connectivity index (χ3n) is 5.74. The number of benzene rings is 1. The quantitative estimate of drug-likeness (QED) is 0.491. The lowest BCUT2D eigenvalue weighted by atomic mass is 10.1. The molecule has 3 heterocycles. The molecule has 1 fully saturated rings. The molecule has 186 valence electrons. The van der Waals surface area contributed by atoms with Gasteiger partial charge in [0.25, 0.3) is 0 Å². The number of rotatable bonds is 6. The number of hydrogen-bond acceptors (Lipinski definition) is 6. The predicted molar refractivity (Wildman–Crippen MR) is 129 cm³/mol. The highest BCUT2D eigenvalue weighted by atomic mass is 32.2. The highest BCUT2D eigenvalue weighted by molar-refractivity contribution is 7.91. The van der Waals surface area contributed by atoms with Crippen LogP contribution in [-0.4, -0.2) is 55.3 Å². The van der Waals surface area contributed by atoms with Crippen molar-refractivity contribution in [3.05, 3.63) is 48.3 Å². The summed E-state index contributed by atoms with van der Waals surface area (Å²) in [6.07, 6.45) is -1.92. The number of aromatic nitrogens is 2. The summed E-state index contributed by atoms with van der Waals surface area (Å²) in [5, 5.41) is 6.99. The summed E-state index contributed by atoms with van der Waals surface area (Å²) in [5.74, 6) is 6.41. The summed E-state index contributed by atoms with van der Waals surface area (Å²) < 4.78 is 69.7. The van der Waals surface area contributed by atoms with Gasteiger partial charge in [-0.2, -0.15) is 13.2 Å². The fourth-order valence-corrected chi connectivity index (χ4v) is 5.50. The van der Waals surface area contributed by atoms with Crippen LogP contribution < -0.4 is 15.4 Å². The largest absolute Gasteiger partial charge is 0.481 e. The second kappa shape index (κ2) is 10.1. The van der Waals surface area contributed by atoms with Gasteiger partial charge in [-0.05, 0) is 43.0 Å². The second-order valence-corrected chi connectivity index (χ2v) is 10.6. The summed E-state index contributed by atoms with van der Waals surface area (Å²) >= 11 is 0. The first kappa shape index (κ1) is 24.7. The lowest BCUT2D eigenvalue weighted by molar-refractivity contribution is -0.140. The Bertz CT molecular complexity index is 1340. The molecule has 0 aliphatic carbocycles. The molecule has 0 amide bonds. The van der Waals surface area contributed by atoms with Crippen LogP contribution in [0.2, 0.25) is 0 Å². The van der Waals surface area contributed by atoms with Crippen LogP contribution in [-0.2, 0) is 16.4 Å². The molecular weight excluding hydrogens is 481 g/mol. The van der Waals surface area contributed by atoms with E-state index in [0.717, 1.165) is 4.57 Å². The van der Waals surface area contributed by atoms with Crippen molar-refractivity contribution in [2.24, 2.45) is 0 Å². The number of halogens is 3. The maximum atomic E-state index is 13.4. The van der Waals surface area contributed by atoms with Crippen LogP contribution >= 0.6 is 0 Å². The predicted octanol–water partition coefficient (Wildman–Crippen LogP) is 4.06. The third-order valence-corrected chi connectivity index (χ3v) is 7.46. The van der Waals surface area contributed by atoms with Crippen LogP contribution in [0.4, 0.5) is 24.5 Å². The number of pyridine rings is 1. The number of nitrogens with zero attached hydrogens (tertiary/aromatic N) is 2. The third kappa shape index (κ3) is 6.39. The molecule has 0 saturated carbocycles. The van der Waals surface area contributed by atoms with Crippen LogP contribution in [0.1, 0.15) is 18.5 Å². The van der Waals surface area contributed by atoms with Crippen LogP contribution in [0, 0.1) is 11.8 Å². The molecule has 1 saturated heterocycles. The highest BCUT2D eigenvalue weighted by Crippen LogP contribution is 2.31. The Morgan fingerprint density at radius 1 is 1.20 bits per heavy atom. The molecular formula is C24H25F3N4O3S. The first-order valence-electron chi connectivity index (χ1n) is 11.0. The van der Waals surface area contributed by atoms with Gasteiger partial charge in [-0.3, -0.25) is 0 Å². The number of ether oxygens (including phenoxy) is 1. The Labute approximate surface area is 201 Å². The lowest BCUT2D eigenvalue weighted by Crippen LogP contribution is -2.32. The fourth-order valence-electron chi connectivity index (χ4n) is 4.00. The molecule has 11 heteroatoms. The van der Waals surface area contributed by atoms with Gasteiger partial charge in [-0.1, -0.05) is 12.0 Å². The normalized spacial score (nSPS) is 15.9. The molecule has 1 aliphatic heterocycles. The average molecular weight is 507 g/mol. The summed E-state index contributed by atoms with van der Waals surface area (Å²) in [7, 11) is -1.50. The van der Waals surface area contributed by atoms with Gasteiger partial charge >= 0.3 is 6.18 Å². The smallest absolute Gasteiger partial charge is 0.406 e. The zero-order valence-electron chi connectivity index (χ0n) is 19.0. The fraction of sp³-hybridized carbons (Fsp3) is 0.375. The van der Waals surface area contributed by atoms with Crippen molar-refractivity contribution in [3.8, 4) is 17.7 Å². The van der Waals surface area contributed by atoms with Crippen LogP contribution in [0.3, 0.4) is 0 Å². The first-order valence-corrected chi connectivity index (χ1v) is 12.8. The summed E-state index contributed by atoms with van der Waals surface area (Å²) in [4.78, 5) is 4.08. The molecule has 0 unspecified atom stereocenters. The monoisotopic (exact) mass is 506 g/mol. The molecule has 0 atom stereocenters. The van der Waals surface area contributed by atoms with E-state index in [1.807, 2.05) is 0 Å². The van der Waals surface area contributed by atoms with E-state index in [1.54, 1.807) is 42.6 Å². The molecule has 1 aromatic carbocycles. The topological polar surface area (TPSA) is 85.3 Å². The maximum absolute atomic E-state index is 13.4. The van der Waals surface area contributed by atoms with Crippen molar-refractivity contribution < 1.29 is 26.3 Å². The maximum Gasteiger partial charge on any atom is 0.406 e. The Morgan fingerprint density at radius 2 is 1.97 bits per heavy atom. The highest BCUT2D eigenvalue weighted by Gasteiger charge is 2.30. The Kier molecular flexibility index (Phi) is 7.12. The van der Waals surface area contributed by atoms with Gasteiger partial charge < -0.3 is 19.9 Å². The molecule has 35 heavy (non-hydrogen) atoms. The standard InChI is InChI=1S/C24H25F3N4O3S/c1-34-23-8-7-18(15-29-23)28-11-3-4-19-14-20-21(30-17-9-12-35(32,33)13-10-17)5-2-6-22(20)31(19)16-24(25,26)27/h2,5-8,14-15,17,28,30H,9-13,16H2,1H3. The van der Waals surface area contributed by atoms with E-state index in [0.29, 0.717) is 41.0 Å². The average Bonchev–Trinajstić information content (AvgIpc) is 3.15. The number of methoxy groups -OCH3 is 1. The molecule has 4 rings (SSSR count). The molecule has 0 bridgehead atoms. The van der Waals surface area contributed by atoms with Crippen molar-refractivity contribution >= 4 is 32.1 Å². The zero-order chi connectivity index (χ0) is 25.1. The minimum atomic E-state index is -4.42. The molecule has 7 nitrogen and oxygen atoms in total. The number of anilines is 2. The van der Waals surface area contributed by atoms with Crippen molar-refractivity contribution in [2.75, 3.05) is 35.8 Å². The van der Waals surface area contributed by atoms with E-state index in [9.17, 15) is 21.6 Å². The van der Waals surface area contributed by atoms with E-state index in [2.05, 4.69) is 27.5 Å². The van der Waals surface area contributed by atoms with Gasteiger partial charge in [0.15, 0.2) is 0 Å².